The van der Waals surface area contributed by atoms with E-state index in [0.29, 0.717) is 85.6 Å². The van der Waals surface area contributed by atoms with Crippen LogP contribution in [0, 0.1) is 0 Å². The third kappa shape index (κ3) is 12.0. The molecule has 55 heavy (non-hydrogen) atoms. The van der Waals surface area contributed by atoms with Crippen molar-refractivity contribution in [3.8, 4) is 11.5 Å². The normalized spacial score (nSPS) is 15.6. The van der Waals surface area contributed by atoms with Gasteiger partial charge in [0.25, 0.3) is 12.0 Å². The Bertz CT molecular complexity index is 1900. The molecule has 2 aromatic heterocycles. The standard InChI is InChI=1S/C22H31N3O6.C17H23N3O4/c1-22(2,3)31-21(27)25-12-10-15(11-13-25)23-20-24-16-7-5-8-17(19(16)30-20)29-14-6-9-18(26)28-4;1-17(2,3)24-16(22)20-9-7-11(8-10-20)18-15-19-12-5-4-6-13(21)14(12)23-15/h5,7-8,15H,6,9-14H2,1-4H3,(H,23,24);4-6,11,21H,7-10H2,1-3H3,(H,18,19). The smallest absolute Gasteiger partial charge is 0.410 e. The lowest BCUT2D eigenvalue weighted by Crippen LogP contribution is -2.44. The molecule has 300 valence electrons. The Hall–Kier alpha value is -5.41. The highest BCUT2D eigenvalue weighted by atomic mass is 16.6. The molecule has 2 fully saturated rings. The zero-order valence-electron chi connectivity index (χ0n) is 32.8. The van der Waals surface area contributed by atoms with E-state index >= 15 is 0 Å². The molecule has 0 spiro atoms. The van der Waals surface area contributed by atoms with Crippen LogP contribution < -0.4 is 15.4 Å². The number of amides is 2. The van der Waals surface area contributed by atoms with Crippen molar-refractivity contribution in [2.24, 2.45) is 0 Å². The average molecular weight is 767 g/mol. The monoisotopic (exact) mass is 766 g/mol. The fourth-order valence-corrected chi connectivity index (χ4v) is 6.01. The molecule has 4 aromatic rings. The number of rotatable bonds is 9. The Labute approximate surface area is 320 Å². The Morgan fingerprint density at radius 2 is 1.24 bits per heavy atom. The minimum Gasteiger partial charge on any atom is -0.504 e. The lowest BCUT2D eigenvalue weighted by Gasteiger charge is -2.33. The number of likely N-dealkylation sites (tertiary alicyclic amines) is 2. The first kappa shape index (κ1) is 40.8. The number of aromatic hydroxyl groups is 1. The highest BCUT2D eigenvalue weighted by Gasteiger charge is 2.29. The van der Waals surface area contributed by atoms with Crippen molar-refractivity contribution in [3.05, 3.63) is 36.4 Å². The van der Waals surface area contributed by atoms with Gasteiger partial charge in [-0.15, -0.1) is 0 Å². The summed E-state index contributed by atoms with van der Waals surface area (Å²) in [5, 5.41) is 16.3. The van der Waals surface area contributed by atoms with Crippen molar-refractivity contribution in [2.45, 2.75) is 103 Å². The third-order valence-corrected chi connectivity index (χ3v) is 8.73. The van der Waals surface area contributed by atoms with E-state index in [2.05, 4.69) is 25.3 Å². The minimum absolute atomic E-state index is 0.0767. The van der Waals surface area contributed by atoms with Gasteiger partial charge in [-0.1, -0.05) is 12.1 Å². The molecular formula is C39H54N6O10. The molecule has 0 atom stereocenters. The maximum atomic E-state index is 12.2. The van der Waals surface area contributed by atoms with Gasteiger partial charge in [-0.2, -0.15) is 9.97 Å². The second-order valence-electron chi connectivity index (χ2n) is 15.6. The van der Waals surface area contributed by atoms with E-state index in [1.807, 2.05) is 59.7 Å². The molecule has 2 amide bonds. The molecule has 16 heteroatoms. The predicted molar refractivity (Wildman–Crippen MR) is 205 cm³/mol. The fraction of sp³-hybridized carbons (Fsp3) is 0.564. The molecule has 2 aliphatic rings. The lowest BCUT2D eigenvalue weighted by molar-refractivity contribution is -0.140. The van der Waals surface area contributed by atoms with Gasteiger partial charge in [-0.3, -0.25) is 4.79 Å². The van der Waals surface area contributed by atoms with E-state index in [9.17, 15) is 19.5 Å². The molecule has 2 aromatic carbocycles. The van der Waals surface area contributed by atoms with E-state index in [-0.39, 0.29) is 36.0 Å². The Morgan fingerprint density at radius 1 is 0.764 bits per heavy atom. The van der Waals surface area contributed by atoms with Crippen molar-refractivity contribution in [2.75, 3.05) is 50.5 Å². The number of carbonyl (C=O) groups excluding carboxylic acids is 3. The van der Waals surface area contributed by atoms with Crippen LogP contribution in [-0.4, -0.2) is 106 Å². The molecule has 4 heterocycles. The van der Waals surface area contributed by atoms with Crippen molar-refractivity contribution in [3.63, 3.8) is 0 Å². The highest BCUT2D eigenvalue weighted by molar-refractivity contribution is 5.81. The molecule has 0 aliphatic carbocycles. The van der Waals surface area contributed by atoms with Gasteiger partial charge < -0.3 is 53.3 Å². The predicted octanol–water partition coefficient (Wildman–Crippen LogP) is 7.32. The summed E-state index contributed by atoms with van der Waals surface area (Å²) in [6, 6.07) is 11.7. The van der Waals surface area contributed by atoms with E-state index < -0.39 is 11.2 Å². The summed E-state index contributed by atoms with van der Waals surface area (Å²) in [6.07, 6.45) is 3.42. The Kier molecular flexibility index (Phi) is 13.2. The van der Waals surface area contributed by atoms with Gasteiger partial charge in [0.1, 0.15) is 22.2 Å². The Morgan fingerprint density at radius 3 is 1.71 bits per heavy atom. The topological polar surface area (TPSA) is 191 Å². The molecule has 2 saturated heterocycles. The quantitative estimate of drug-likeness (QED) is 0.0872. The second kappa shape index (κ2) is 17.8. The largest absolute Gasteiger partial charge is 0.504 e. The number of phenolic OH excluding ortho intramolecular Hbond substituents is 1. The number of carbonyl (C=O) groups is 3. The van der Waals surface area contributed by atoms with Crippen LogP contribution in [-0.2, 0) is 19.0 Å². The van der Waals surface area contributed by atoms with Crippen LogP contribution in [0.15, 0.2) is 45.2 Å². The number of piperidine rings is 2. The molecule has 6 rings (SSSR count). The molecule has 0 radical (unpaired) electrons. The van der Waals surface area contributed by atoms with Gasteiger partial charge in [0.2, 0.25) is 0 Å². The number of oxazole rings is 2. The summed E-state index contributed by atoms with van der Waals surface area (Å²) in [5.74, 6) is 0.404. The molecule has 16 nitrogen and oxygen atoms in total. The number of esters is 1. The van der Waals surface area contributed by atoms with E-state index in [1.165, 1.54) is 7.11 Å². The number of methoxy groups -OCH3 is 1. The van der Waals surface area contributed by atoms with Crippen molar-refractivity contribution >= 4 is 52.4 Å². The third-order valence-electron chi connectivity index (χ3n) is 8.73. The van der Waals surface area contributed by atoms with Gasteiger partial charge in [0.05, 0.1) is 13.7 Å². The number of hydrogen-bond acceptors (Lipinski definition) is 14. The van der Waals surface area contributed by atoms with E-state index in [1.54, 1.807) is 28.0 Å². The minimum atomic E-state index is -0.497. The van der Waals surface area contributed by atoms with Crippen LogP contribution in [0.25, 0.3) is 22.2 Å². The second-order valence-corrected chi connectivity index (χ2v) is 15.6. The number of aromatic nitrogens is 2. The van der Waals surface area contributed by atoms with Crippen LogP contribution in [0.4, 0.5) is 21.6 Å². The lowest BCUT2D eigenvalue weighted by atomic mass is 10.1. The number of nitrogens with zero attached hydrogens (tertiary/aromatic N) is 4. The summed E-state index contributed by atoms with van der Waals surface area (Å²) >= 11 is 0. The fourth-order valence-electron chi connectivity index (χ4n) is 6.01. The number of ether oxygens (including phenoxy) is 4. The maximum absolute atomic E-state index is 12.2. The summed E-state index contributed by atoms with van der Waals surface area (Å²) in [5.41, 5.74) is 1.28. The molecule has 0 unspecified atom stereocenters. The number of phenols is 1. The van der Waals surface area contributed by atoms with Crippen LogP contribution in [0.5, 0.6) is 11.5 Å². The van der Waals surface area contributed by atoms with Crippen molar-refractivity contribution in [1.82, 2.24) is 19.8 Å². The van der Waals surface area contributed by atoms with E-state index in [4.69, 9.17) is 23.0 Å². The van der Waals surface area contributed by atoms with Crippen LogP contribution >= 0.6 is 0 Å². The zero-order chi connectivity index (χ0) is 39.8. The van der Waals surface area contributed by atoms with Crippen molar-refractivity contribution < 1.29 is 47.3 Å². The summed E-state index contributed by atoms with van der Waals surface area (Å²) in [6.45, 7) is 14.0. The number of hydrogen-bond donors (Lipinski definition) is 3. The molecule has 3 N–H and O–H groups in total. The summed E-state index contributed by atoms with van der Waals surface area (Å²) in [7, 11) is 1.37. The van der Waals surface area contributed by atoms with Crippen LogP contribution in [0.2, 0.25) is 0 Å². The maximum Gasteiger partial charge on any atom is 0.410 e. The molecule has 0 saturated carbocycles. The number of benzene rings is 2. The molecule has 0 bridgehead atoms. The SMILES string of the molecule is CC(C)(C)OC(=O)N1CCC(Nc2nc3cccc(O)c3o2)CC1.COC(=O)CCCOc1cccc2nc(NC3CCN(C(=O)OC(C)(C)C)CC3)oc12. The van der Waals surface area contributed by atoms with Gasteiger partial charge in [0.15, 0.2) is 22.7 Å². The van der Waals surface area contributed by atoms with Gasteiger partial charge in [0, 0.05) is 44.7 Å². The van der Waals surface area contributed by atoms with Gasteiger partial charge >= 0.3 is 18.2 Å². The number of anilines is 2. The number of para-hydroxylation sites is 2. The molecular weight excluding hydrogens is 712 g/mol. The first-order valence-corrected chi connectivity index (χ1v) is 18.7. The van der Waals surface area contributed by atoms with Gasteiger partial charge in [-0.25, -0.2) is 9.59 Å². The first-order chi connectivity index (χ1) is 26.1. The number of nitrogens with one attached hydrogen (secondary N) is 2. The highest BCUT2D eigenvalue weighted by Crippen LogP contribution is 2.30. The van der Waals surface area contributed by atoms with E-state index in [0.717, 1.165) is 25.7 Å². The Balaban J connectivity index is 0.000000218. The first-order valence-electron chi connectivity index (χ1n) is 18.7. The average Bonchev–Trinajstić information content (AvgIpc) is 3.74. The van der Waals surface area contributed by atoms with Crippen LogP contribution in [0.1, 0.15) is 80.1 Å². The van der Waals surface area contributed by atoms with Crippen LogP contribution in [0.3, 0.4) is 0 Å². The number of fused-ring (bicyclic) bond motifs is 2. The summed E-state index contributed by atoms with van der Waals surface area (Å²) in [4.78, 5) is 47.8. The molecule has 2 aliphatic heterocycles. The zero-order valence-corrected chi connectivity index (χ0v) is 32.8. The summed E-state index contributed by atoms with van der Waals surface area (Å²) < 4.78 is 32.7. The van der Waals surface area contributed by atoms with Gasteiger partial charge in [-0.05, 0) is 97.9 Å². The van der Waals surface area contributed by atoms with Crippen molar-refractivity contribution in [1.29, 1.82) is 0 Å².